The Morgan fingerprint density at radius 2 is 1.33 bits per heavy atom. The van der Waals surface area contributed by atoms with E-state index in [0.29, 0.717) is 0 Å². The van der Waals surface area contributed by atoms with Crippen molar-refractivity contribution < 1.29 is 4.39 Å². The van der Waals surface area contributed by atoms with Gasteiger partial charge in [-0.3, -0.25) is 0 Å². The second kappa shape index (κ2) is 6.36. The molecule has 0 aromatic heterocycles. The van der Waals surface area contributed by atoms with E-state index in [4.69, 9.17) is 0 Å². The predicted octanol–water partition coefficient (Wildman–Crippen LogP) is 4.85. The molecule has 1 aliphatic rings. The van der Waals surface area contributed by atoms with Crippen LogP contribution in [0.1, 0.15) is 11.6 Å². The van der Waals surface area contributed by atoms with E-state index in [0.717, 1.165) is 18.9 Å². The number of para-hydroxylation sites is 1. The minimum absolute atomic E-state index is 0.200. The molecular weight excluding hydrogens is 299 g/mol. The first-order chi connectivity index (χ1) is 11.8. The van der Waals surface area contributed by atoms with Gasteiger partial charge in [-0.05, 0) is 42.0 Å². The molecule has 1 saturated heterocycles. The largest absolute Gasteiger partial charge is 0.351 e. The Hall–Kier alpha value is -2.81. The fourth-order valence-electron chi connectivity index (χ4n) is 3.33. The number of rotatable bonds is 3. The lowest BCUT2D eigenvalue weighted by Crippen LogP contribution is -2.26. The summed E-state index contributed by atoms with van der Waals surface area (Å²) in [4.78, 5) is 4.70. The standard InChI is InChI=1S/C21H19FN2/c22-18-11-13-20(14-12-18)24-16-23(19-9-5-2-6-10-19)15-21(24)17-7-3-1-4-8-17/h1-14,21H,15-16H2. The third-order valence-corrected chi connectivity index (χ3v) is 4.56. The molecule has 0 radical (unpaired) electrons. The van der Waals surface area contributed by atoms with Crippen LogP contribution < -0.4 is 9.80 Å². The molecular formula is C21H19FN2. The van der Waals surface area contributed by atoms with E-state index in [-0.39, 0.29) is 11.9 Å². The second-order valence-corrected chi connectivity index (χ2v) is 6.07. The molecule has 3 heteroatoms. The summed E-state index contributed by atoms with van der Waals surface area (Å²) in [6.07, 6.45) is 0. The highest BCUT2D eigenvalue weighted by atomic mass is 19.1. The summed E-state index contributed by atoms with van der Waals surface area (Å²) < 4.78 is 13.3. The maximum absolute atomic E-state index is 13.3. The SMILES string of the molecule is Fc1ccc(N2CN(c3ccccc3)CC2c2ccccc2)cc1. The van der Waals surface area contributed by atoms with Crippen LogP contribution in [-0.4, -0.2) is 13.2 Å². The van der Waals surface area contributed by atoms with E-state index in [1.807, 2.05) is 24.3 Å². The van der Waals surface area contributed by atoms with Gasteiger partial charge in [0, 0.05) is 17.9 Å². The molecule has 0 N–H and O–H groups in total. The third-order valence-electron chi connectivity index (χ3n) is 4.56. The smallest absolute Gasteiger partial charge is 0.123 e. The van der Waals surface area contributed by atoms with Gasteiger partial charge in [0.25, 0.3) is 0 Å². The van der Waals surface area contributed by atoms with Gasteiger partial charge >= 0.3 is 0 Å². The molecule has 2 nitrogen and oxygen atoms in total. The van der Waals surface area contributed by atoms with Crippen molar-refractivity contribution in [2.45, 2.75) is 6.04 Å². The normalized spacial score (nSPS) is 17.3. The lowest BCUT2D eigenvalue weighted by atomic mass is 10.1. The van der Waals surface area contributed by atoms with Gasteiger partial charge in [0.1, 0.15) is 5.82 Å². The fraction of sp³-hybridized carbons (Fsp3) is 0.143. The van der Waals surface area contributed by atoms with Crippen molar-refractivity contribution >= 4 is 11.4 Å². The van der Waals surface area contributed by atoms with Crippen molar-refractivity contribution in [1.82, 2.24) is 0 Å². The molecule has 0 bridgehead atoms. The highest BCUT2D eigenvalue weighted by Gasteiger charge is 2.31. The van der Waals surface area contributed by atoms with E-state index < -0.39 is 0 Å². The van der Waals surface area contributed by atoms with Crippen molar-refractivity contribution in [2.75, 3.05) is 23.0 Å². The molecule has 0 amide bonds. The van der Waals surface area contributed by atoms with Gasteiger partial charge in [0.05, 0.1) is 12.7 Å². The molecule has 0 saturated carbocycles. The van der Waals surface area contributed by atoms with Crippen LogP contribution in [-0.2, 0) is 0 Å². The number of benzene rings is 3. The van der Waals surface area contributed by atoms with Gasteiger partial charge in [-0.25, -0.2) is 4.39 Å². The van der Waals surface area contributed by atoms with E-state index in [9.17, 15) is 4.39 Å². The van der Waals surface area contributed by atoms with Crippen LogP contribution in [0, 0.1) is 5.82 Å². The Kier molecular flexibility index (Phi) is 3.91. The van der Waals surface area contributed by atoms with Gasteiger partial charge in [0.15, 0.2) is 0 Å². The van der Waals surface area contributed by atoms with Crippen molar-refractivity contribution in [3.05, 3.63) is 96.3 Å². The zero-order valence-corrected chi connectivity index (χ0v) is 13.3. The summed E-state index contributed by atoms with van der Waals surface area (Å²) in [7, 11) is 0. The van der Waals surface area contributed by atoms with E-state index >= 15 is 0 Å². The predicted molar refractivity (Wildman–Crippen MR) is 96.7 cm³/mol. The van der Waals surface area contributed by atoms with Crippen molar-refractivity contribution in [2.24, 2.45) is 0 Å². The molecule has 24 heavy (non-hydrogen) atoms. The minimum atomic E-state index is -0.200. The number of halogens is 1. The topological polar surface area (TPSA) is 6.48 Å². The molecule has 1 fully saturated rings. The van der Waals surface area contributed by atoms with Crippen LogP contribution in [0.2, 0.25) is 0 Å². The molecule has 1 aliphatic heterocycles. The maximum atomic E-state index is 13.3. The highest BCUT2D eigenvalue weighted by Crippen LogP contribution is 2.35. The molecule has 3 aromatic rings. The average Bonchev–Trinajstić information content (AvgIpc) is 3.09. The summed E-state index contributed by atoms with van der Waals surface area (Å²) in [5.74, 6) is -0.200. The lowest BCUT2D eigenvalue weighted by molar-refractivity contribution is 0.627. The summed E-state index contributed by atoms with van der Waals surface area (Å²) in [6.45, 7) is 1.70. The Balaban J connectivity index is 1.69. The van der Waals surface area contributed by atoms with Crippen molar-refractivity contribution in [1.29, 1.82) is 0 Å². The molecule has 120 valence electrons. The zero-order valence-electron chi connectivity index (χ0n) is 13.3. The summed E-state index contributed by atoms with van der Waals surface area (Å²) in [5.41, 5.74) is 3.53. The summed E-state index contributed by atoms with van der Waals surface area (Å²) in [6, 6.07) is 28.0. The quantitative estimate of drug-likeness (QED) is 0.681. The monoisotopic (exact) mass is 318 g/mol. The van der Waals surface area contributed by atoms with Gasteiger partial charge in [-0.15, -0.1) is 0 Å². The maximum Gasteiger partial charge on any atom is 0.123 e. The van der Waals surface area contributed by atoms with Gasteiger partial charge < -0.3 is 9.80 Å². The zero-order chi connectivity index (χ0) is 16.4. The van der Waals surface area contributed by atoms with E-state index in [1.165, 1.54) is 23.4 Å². The van der Waals surface area contributed by atoms with Crippen LogP contribution in [0.15, 0.2) is 84.9 Å². The Morgan fingerprint density at radius 1 is 0.708 bits per heavy atom. The average molecular weight is 318 g/mol. The van der Waals surface area contributed by atoms with Crippen LogP contribution in [0.5, 0.6) is 0 Å². The van der Waals surface area contributed by atoms with E-state index in [2.05, 4.69) is 58.3 Å². The third kappa shape index (κ3) is 2.85. The first kappa shape index (κ1) is 14.8. The van der Waals surface area contributed by atoms with Crippen LogP contribution in [0.4, 0.5) is 15.8 Å². The van der Waals surface area contributed by atoms with Crippen molar-refractivity contribution in [3.8, 4) is 0 Å². The molecule has 4 rings (SSSR count). The lowest BCUT2D eigenvalue weighted by Gasteiger charge is -2.25. The first-order valence-corrected chi connectivity index (χ1v) is 8.18. The molecule has 0 aliphatic carbocycles. The first-order valence-electron chi connectivity index (χ1n) is 8.18. The number of nitrogens with zero attached hydrogens (tertiary/aromatic N) is 2. The minimum Gasteiger partial charge on any atom is -0.351 e. The van der Waals surface area contributed by atoms with E-state index in [1.54, 1.807) is 0 Å². The molecule has 1 unspecified atom stereocenters. The highest BCUT2D eigenvalue weighted by molar-refractivity contribution is 5.57. The van der Waals surface area contributed by atoms with Crippen LogP contribution in [0.25, 0.3) is 0 Å². The summed E-state index contributed by atoms with van der Waals surface area (Å²) in [5, 5.41) is 0. The van der Waals surface area contributed by atoms with Gasteiger partial charge in [-0.1, -0.05) is 48.5 Å². The Labute approximate surface area is 141 Å². The second-order valence-electron chi connectivity index (χ2n) is 6.07. The summed E-state index contributed by atoms with van der Waals surface area (Å²) >= 11 is 0. The van der Waals surface area contributed by atoms with Crippen LogP contribution in [0.3, 0.4) is 0 Å². The molecule has 1 heterocycles. The fourth-order valence-corrected chi connectivity index (χ4v) is 3.33. The molecule has 1 atom stereocenters. The number of hydrogen-bond donors (Lipinski definition) is 0. The van der Waals surface area contributed by atoms with Gasteiger partial charge in [0.2, 0.25) is 0 Å². The Morgan fingerprint density at radius 3 is 2.00 bits per heavy atom. The van der Waals surface area contributed by atoms with Crippen molar-refractivity contribution in [3.63, 3.8) is 0 Å². The molecule has 3 aromatic carbocycles. The number of hydrogen-bond acceptors (Lipinski definition) is 2. The van der Waals surface area contributed by atoms with Gasteiger partial charge in [-0.2, -0.15) is 0 Å². The Bertz CT molecular complexity index is 787. The molecule has 0 spiro atoms. The van der Waals surface area contributed by atoms with Crippen LogP contribution >= 0.6 is 0 Å². The number of anilines is 2.